The average molecular weight is 288 g/mol. The van der Waals surface area contributed by atoms with E-state index in [4.69, 9.17) is 9.94 Å². The highest BCUT2D eigenvalue weighted by Crippen LogP contribution is 2.31. The van der Waals surface area contributed by atoms with E-state index in [2.05, 4.69) is 15.5 Å². The fraction of sp³-hybridized carbons (Fsp3) is 0.0769. The second-order valence-electron chi connectivity index (χ2n) is 3.95. The molecule has 1 aromatic carbocycles. The SMILES string of the molecule is CNc1ccc(Oc2ccnc(/C=N/O)c2)cc1[N+](=O)[O-]. The molecule has 0 fully saturated rings. The smallest absolute Gasteiger partial charge is 0.296 e. The molecule has 0 aliphatic carbocycles. The van der Waals surface area contributed by atoms with E-state index >= 15 is 0 Å². The van der Waals surface area contributed by atoms with Gasteiger partial charge in [-0.05, 0) is 18.2 Å². The van der Waals surface area contributed by atoms with Crippen LogP contribution in [0.4, 0.5) is 11.4 Å². The summed E-state index contributed by atoms with van der Waals surface area (Å²) >= 11 is 0. The van der Waals surface area contributed by atoms with Crippen molar-refractivity contribution in [2.75, 3.05) is 12.4 Å². The number of nitro benzene ring substituents is 1. The van der Waals surface area contributed by atoms with E-state index in [9.17, 15) is 10.1 Å². The molecule has 0 aliphatic rings. The lowest BCUT2D eigenvalue weighted by atomic mass is 10.2. The molecule has 0 saturated heterocycles. The van der Waals surface area contributed by atoms with Gasteiger partial charge in [0.05, 0.1) is 22.9 Å². The number of anilines is 1. The minimum atomic E-state index is -0.491. The number of nitrogens with one attached hydrogen (secondary N) is 1. The Morgan fingerprint density at radius 1 is 1.38 bits per heavy atom. The maximum atomic E-state index is 11.0. The molecule has 2 aromatic rings. The third kappa shape index (κ3) is 3.44. The summed E-state index contributed by atoms with van der Waals surface area (Å²) in [5.74, 6) is 0.741. The molecule has 8 heteroatoms. The molecule has 0 unspecified atom stereocenters. The van der Waals surface area contributed by atoms with Crippen molar-refractivity contribution in [3.8, 4) is 11.5 Å². The van der Waals surface area contributed by atoms with Gasteiger partial charge in [-0.25, -0.2) is 0 Å². The zero-order chi connectivity index (χ0) is 15.2. The largest absolute Gasteiger partial charge is 0.457 e. The van der Waals surface area contributed by atoms with E-state index in [0.29, 0.717) is 22.9 Å². The number of pyridine rings is 1. The highest BCUT2D eigenvalue weighted by molar-refractivity contribution is 5.76. The summed E-state index contributed by atoms with van der Waals surface area (Å²) in [6.45, 7) is 0. The number of oxime groups is 1. The summed E-state index contributed by atoms with van der Waals surface area (Å²) < 4.78 is 5.54. The predicted octanol–water partition coefficient (Wildman–Crippen LogP) is 2.63. The van der Waals surface area contributed by atoms with Gasteiger partial charge in [0.25, 0.3) is 5.69 Å². The first-order valence-electron chi connectivity index (χ1n) is 5.91. The molecule has 0 spiro atoms. The van der Waals surface area contributed by atoms with Gasteiger partial charge < -0.3 is 15.3 Å². The van der Waals surface area contributed by atoms with E-state index in [0.717, 1.165) is 6.21 Å². The molecule has 0 aliphatic heterocycles. The molecule has 1 aromatic heterocycles. The lowest BCUT2D eigenvalue weighted by Gasteiger charge is -2.08. The first-order chi connectivity index (χ1) is 10.1. The molecule has 2 N–H and O–H groups in total. The summed E-state index contributed by atoms with van der Waals surface area (Å²) in [5.41, 5.74) is 0.715. The Labute approximate surface area is 119 Å². The van der Waals surface area contributed by atoms with E-state index < -0.39 is 4.92 Å². The molecule has 8 nitrogen and oxygen atoms in total. The average Bonchev–Trinajstić information content (AvgIpc) is 2.48. The van der Waals surface area contributed by atoms with Crippen molar-refractivity contribution in [1.29, 1.82) is 0 Å². The van der Waals surface area contributed by atoms with E-state index in [1.165, 1.54) is 18.3 Å². The molecule has 1 heterocycles. The number of aromatic nitrogens is 1. The van der Waals surface area contributed by atoms with Crippen LogP contribution in [0.1, 0.15) is 5.69 Å². The fourth-order valence-electron chi connectivity index (χ4n) is 1.69. The summed E-state index contributed by atoms with van der Waals surface area (Å²) in [4.78, 5) is 14.4. The standard InChI is InChI=1S/C13H12N4O4/c1-14-12-3-2-10(7-13(12)17(19)20)21-11-4-5-15-9(6-11)8-16-18/h2-8,14,18H,1H3/b16-8+. The number of nitro groups is 1. The molecule has 0 radical (unpaired) electrons. The third-order valence-electron chi connectivity index (χ3n) is 2.61. The Bertz CT molecular complexity index is 688. The van der Waals surface area contributed by atoms with Gasteiger partial charge in [-0.3, -0.25) is 15.1 Å². The minimum absolute atomic E-state index is 0.0822. The molecule has 2 rings (SSSR count). The molecule has 108 valence electrons. The van der Waals surface area contributed by atoms with Crippen molar-refractivity contribution < 1.29 is 14.9 Å². The maximum Gasteiger partial charge on any atom is 0.296 e. The van der Waals surface area contributed by atoms with E-state index in [1.54, 1.807) is 25.2 Å². The minimum Gasteiger partial charge on any atom is -0.457 e. The van der Waals surface area contributed by atoms with Gasteiger partial charge >= 0.3 is 0 Å². The molecule has 21 heavy (non-hydrogen) atoms. The Kier molecular flexibility index (Phi) is 4.30. The number of hydrogen-bond acceptors (Lipinski definition) is 7. The van der Waals surface area contributed by atoms with Gasteiger partial charge in [-0.15, -0.1) is 0 Å². The van der Waals surface area contributed by atoms with Crippen LogP contribution >= 0.6 is 0 Å². The maximum absolute atomic E-state index is 11.0. The zero-order valence-electron chi connectivity index (χ0n) is 11.1. The first-order valence-corrected chi connectivity index (χ1v) is 5.91. The third-order valence-corrected chi connectivity index (χ3v) is 2.61. The second-order valence-corrected chi connectivity index (χ2v) is 3.95. The number of ether oxygens (including phenoxy) is 1. The van der Waals surface area contributed by atoms with Crippen LogP contribution in [0.2, 0.25) is 0 Å². The summed E-state index contributed by atoms with van der Waals surface area (Å²) in [6.07, 6.45) is 2.63. The fourth-order valence-corrected chi connectivity index (χ4v) is 1.69. The molecule has 0 bridgehead atoms. The number of hydrogen-bond donors (Lipinski definition) is 2. The molecule has 0 atom stereocenters. The number of rotatable bonds is 5. The zero-order valence-corrected chi connectivity index (χ0v) is 11.1. The van der Waals surface area contributed by atoms with Crippen molar-refractivity contribution in [1.82, 2.24) is 4.98 Å². The monoisotopic (exact) mass is 288 g/mol. The predicted molar refractivity (Wildman–Crippen MR) is 76.3 cm³/mol. The Hall–Kier alpha value is -3.16. The van der Waals surface area contributed by atoms with Crippen LogP contribution in [0.3, 0.4) is 0 Å². The summed E-state index contributed by atoms with van der Waals surface area (Å²) in [5, 5.41) is 25.1. The topological polar surface area (TPSA) is 110 Å². The highest BCUT2D eigenvalue weighted by Gasteiger charge is 2.14. The van der Waals surface area contributed by atoms with Crippen LogP contribution in [-0.2, 0) is 0 Å². The quantitative estimate of drug-likeness (QED) is 0.379. The highest BCUT2D eigenvalue weighted by atomic mass is 16.6. The lowest BCUT2D eigenvalue weighted by Crippen LogP contribution is -1.97. The van der Waals surface area contributed by atoms with Crippen LogP contribution in [0, 0.1) is 10.1 Å². The van der Waals surface area contributed by atoms with E-state index in [-0.39, 0.29) is 5.69 Å². The Balaban J connectivity index is 2.29. The normalized spacial score (nSPS) is 10.5. The molecular formula is C13H12N4O4. The molecule has 0 amide bonds. The van der Waals surface area contributed by atoms with Crippen molar-refractivity contribution in [3.05, 3.63) is 52.3 Å². The van der Waals surface area contributed by atoms with E-state index in [1.807, 2.05) is 0 Å². The van der Waals surface area contributed by atoms with Crippen LogP contribution < -0.4 is 10.1 Å². The van der Waals surface area contributed by atoms with Gasteiger partial charge in [-0.1, -0.05) is 5.16 Å². The molecular weight excluding hydrogens is 276 g/mol. The lowest BCUT2D eigenvalue weighted by molar-refractivity contribution is -0.384. The van der Waals surface area contributed by atoms with Crippen molar-refractivity contribution in [2.45, 2.75) is 0 Å². The number of benzene rings is 1. The van der Waals surface area contributed by atoms with Gasteiger partial charge in [-0.2, -0.15) is 0 Å². The van der Waals surface area contributed by atoms with Gasteiger partial charge in [0.2, 0.25) is 0 Å². The Morgan fingerprint density at radius 3 is 2.81 bits per heavy atom. The number of nitrogens with zero attached hydrogens (tertiary/aromatic N) is 3. The second kappa shape index (κ2) is 6.33. The van der Waals surface area contributed by atoms with Crippen LogP contribution in [0.25, 0.3) is 0 Å². The van der Waals surface area contributed by atoms with Crippen molar-refractivity contribution in [2.24, 2.45) is 5.16 Å². The van der Waals surface area contributed by atoms with Gasteiger partial charge in [0.15, 0.2) is 0 Å². The molecule has 0 saturated carbocycles. The summed E-state index contributed by atoms with van der Waals surface area (Å²) in [7, 11) is 1.60. The summed E-state index contributed by atoms with van der Waals surface area (Å²) in [6, 6.07) is 7.62. The van der Waals surface area contributed by atoms with Crippen molar-refractivity contribution in [3.63, 3.8) is 0 Å². The van der Waals surface area contributed by atoms with Gasteiger partial charge in [0, 0.05) is 19.3 Å². The van der Waals surface area contributed by atoms with Crippen molar-refractivity contribution >= 4 is 17.6 Å². The van der Waals surface area contributed by atoms with Gasteiger partial charge in [0.1, 0.15) is 17.2 Å². The van der Waals surface area contributed by atoms with Crippen LogP contribution in [0.5, 0.6) is 11.5 Å². The van der Waals surface area contributed by atoms with Crippen LogP contribution in [-0.4, -0.2) is 28.4 Å². The first kappa shape index (κ1) is 14.3. The Morgan fingerprint density at radius 2 is 2.14 bits per heavy atom. The van der Waals surface area contributed by atoms with Crippen LogP contribution in [0.15, 0.2) is 41.7 Å².